The topological polar surface area (TPSA) is 66.3 Å². The van der Waals surface area contributed by atoms with Crippen LogP contribution in [0.15, 0.2) is 24.3 Å². The second-order valence-electron chi connectivity index (χ2n) is 3.97. The average molecular weight is 267 g/mol. The number of para-hydroxylation sites is 1. The normalized spacial score (nSPS) is 10.9. The van der Waals surface area contributed by atoms with Crippen molar-refractivity contribution in [3.05, 3.63) is 30.1 Å². The van der Waals surface area contributed by atoms with Crippen molar-refractivity contribution in [1.29, 1.82) is 0 Å². The number of aliphatic carboxylic acids is 1. The van der Waals surface area contributed by atoms with Crippen molar-refractivity contribution in [2.24, 2.45) is 0 Å². The highest BCUT2D eigenvalue weighted by Crippen LogP contribution is 2.26. The van der Waals surface area contributed by atoms with Crippen molar-refractivity contribution >= 4 is 22.7 Å². The summed E-state index contributed by atoms with van der Waals surface area (Å²) in [5, 5.41) is 9.30. The summed E-state index contributed by atoms with van der Waals surface area (Å²) in [4.78, 5) is 19.5. The van der Waals surface area contributed by atoms with Crippen LogP contribution in [0.4, 0.5) is 14.6 Å². The first kappa shape index (κ1) is 13.1. The number of benzene rings is 1. The summed E-state index contributed by atoms with van der Waals surface area (Å²) in [6.45, 7) is -0.330. The van der Waals surface area contributed by atoms with Gasteiger partial charge in [0.25, 0.3) is 6.43 Å². The first-order valence-corrected chi connectivity index (χ1v) is 5.47. The highest BCUT2D eigenvalue weighted by Gasteiger charge is 2.18. The fourth-order valence-corrected chi connectivity index (χ4v) is 1.74. The van der Waals surface area contributed by atoms with Gasteiger partial charge >= 0.3 is 5.97 Å². The Morgan fingerprint density at radius 2 is 2.05 bits per heavy atom. The van der Waals surface area contributed by atoms with Crippen molar-refractivity contribution in [3.8, 4) is 0 Å². The first-order valence-electron chi connectivity index (χ1n) is 5.47. The highest BCUT2D eigenvalue weighted by atomic mass is 19.3. The summed E-state index contributed by atoms with van der Waals surface area (Å²) in [7, 11) is 1.48. The molecule has 0 aliphatic rings. The van der Waals surface area contributed by atoms with Gasteiger partial charge in [-0.3, -0.25) is 4.79 Å². The lowest BCUT2D eigenvalue weighted by molar-refractivity contribution is -0.135. The number of alkyl halides is 2. The molecule has 1 aromatic carbocycles. The molecule has 1 N–H and O–H groups in total. The molecule has 0 aliphatic heterocycles. The number of hydrogen-bond acceptors (Lipinski definition) is 4. The molecule has 0 saturated heterocycles. The number of carboxylic acids is 1. The SMILES string of the molecule is CN(CC(=O)O)c1nc(C(F)F)nc2ccccc12. The summed E-state index contributed by atoms with van der Waals surface area (Å²) in [6, 6.07) is 6.64. The highest BCUT2D eigenvalue weighted by molar-refractivity contribution is 5.90. The maximum Gasteiger partial charge on any atom is 0.323 e. The van der Waals surface area contributed by atoms with Gasteiger partial charge < -0.3 is 10.0 Å². The van der Waals surface area contributed by atoms with E-state index in [2.05, 4.69) is 9.97 Å². The number of rotatable bonds is 4. The Balaban J connectivity index is 2.59. The maximum absolute atomic E-state index is 12.7. The smallest absolute Gasteiger partial charge is 0.323 e. The molecule has 7 heteroatoms. The number of carboxylic acid groups (broad SMARTS) is 1. The number of halogens is 2. The molecule has 1 aromatic heterocycles. The Morgan fingerprint density at radius 1 is 1.37 bits per heavy atom. The van der Waals surface area contributed by atoms with Gasteiger partial charge in [-0.1, -0.05) is 12.1 Å². The molecule has 5 nitrogen and oxygen atoms in total. The largest absolute Gasteiger partial charge is 0.480 e. The van der Waals surface area contributed by atoms with Crippen LogP contribution in [-0.4, -0.2) is 34.6 Å². The molecule has 0 bridgehead atoms. The molecule has 0 atom stereocenters. The second kappa shape index (κ2) is 5.13. The van der Waals surface area contributed by atoms with E-state index in [1.54, 1.807) is 24.3 Å². The van der Waals surface area contributed by atoms with Crippen LogP contribution in [-0.2, 0) is 4.79 Å². The summed E-state index contributed by atoms with van der Waals surface area (Å²) in [5.41, 5.74) is 0.361. The lowest BCUT2D eigenvalue weighted by Crippen LogP contribution is -2.26. The van der Waals surface area contributed by atoms with Crippen molar-refractivity contribution < 1.29 is 18.7 Å². The fraction of sp³-hybridized carbons (Fsp3) is 0.250. The molecule has 2 aromatic rings. The Labute approximate surface area is 107 Å². The van der Waals surface area contributed by atoms with E-state index >= 15 is 0 Å². The number of carbonyl (C=O) groups is 1. The summed E-state index contributed by atoms with van der Waals surface area (Å²) >= 11 is 0. The van der Waals surface area contributed by atoms with Crippen molar-refractivity contribution in [3.63, 3.8) is 0 Å². The number of aromatic nitrogens is 2. The molecule has 2 rings (SSSR count). The van der Waals surface area contributed by atoms with Gasteiger partial charge in [-0.15, -0.1) is 0 Å². The van der Waals surface area contributed by atoms with Gasteiger partial charge in [0.15, 0.2) is 5.82 Å². The van der Waals surface area contributed by atoms with Gasteiger partial charge in [0.1, 0.15) is 12.4 Å². The van der Waals surface area contributed by atoms with Crippen molar-refractivity contribution in [2.75, 3.05) is 18.5 Å². The summed E-state index contributed by atoms with van der Waals surface area (Å²) in [6.07, 6.45) is -2.80. The van der Waals surface area contributed by atoms with Crippen molar-refractivity contribution in [1.82, 2.24) is 9.97 Å². The molecule has 0 aliphatic carbocycles. The molecule has 0 fully saturated rings. The molecule has 0 spiro atoms. The molecule has 100 valence electrons. The molecule has 0 unspecified atom stereocenters. The van der Waals surface area contributed by atoms with Crippen LogP contribution in [0.2, 0.25) is 0 Å². The number of likely N-dealkylation sites (N-methyl/N-ethyl adjacent to an activating group) is 1. The third-order valence-corrected chi connectivity index (χ3v) is 2.53. The minimum absolute atomic E-state index is 0.184. The zero-order chi connectivity index (χ0) is 14.0. The number of fused-ring (bicyclic) bond motifs is 1. The number of anilines is 1. The monoisotopic (exact) mass is 267 g/mol. The van der Waals surface area contributed by atoms with E-state index in [0.29, 0.717) is 10.9 Å². The van der Waals surface area contributed by atoms with E-state index in [1.807, 2.05) is 0 Å². The standard InChI is InChI=1S/C12H11F2N3O2/c1-17(6-9(18)19)12-7-4-2-3-5-8(7)15-11(16-12)10(13)14/h2-5,10H,6H2,1H3,(H,18,19). The minimum Gasteiger partial charge on any atom is -0.480 e. The van der Waals surface area contributed by atoms with Gasteiger partial charge in [0, 0.05) is 12.4 Å². The van der Waals surface area contributed by atoms with Crippen LogP contribution in [0.1, 0.15) is 12.2 Å². The van der Waals surface area contributed by atoms with Crippen LogP contribution in [0.25, 0.3) is 10.9 Å². The third kappa shape index (κ3) is 2.75. The lowest BCUT2D eigenvalue weighted by Gasteiger charge is -2.18. The molecule has 19 heavy (non-hydrogen) atoms. The minimum atomic E-state index is -2.80. The number of hydrogen-bond donors (Lipinski definition) is 1. The van der Waals surface area contributed by atoms with Gasteiger partial charge in [-0.25, -0.2) is 18.7 Å². The van der Waals surface area contributed by atoms with Crippen LogP contribution in [0, 0.1) is 0 Å². The quantitative estimate of drug-likeness (QED) is 0.918. The fourth-order valence-electron chi connectivity index (χ4n) is 1.74. The van der Waals surface area contributed by atoms with Gasteiger partial charge in [-0.2, -0.15) is 0 Å². The Bertz CT molecular complexity index is 619. The molecular formula is C12H11F2N3O2. The van der Waals surface area contributed by atoms with Crippen LogP contribution in [0.3, 0.4) is 0 Å². The predicted molar refractivity (Wildman–Crippen MR) is 65.4 cm³/mol. The van der Waals surface area contributed by atoms with Crippen molar-refractivity contribution in [2.45, 2.75) is 6.43 Å². The molecule has 0 saturated carbocycles. The zero-order valence-electron chi connectivity index (χ0n) is 10.0. The molecule has 0 radical (unpaired) electrons. The lowest BCUT2D eigenvalue weighted by atomic mass is 10.2. The van der Waals surface area contributed by atoms with Gasteiger partial charge in [-0.05, 0) is 12.1 Å². The zero-order valence-corrected chi connectivity index (χ0v) is 10.0. The van der Waals surface area contributed by atoms with E-state index in [9.17, 15) is 13.6 Å². The predicted octanol–water partition coefficient (Wildman–Crippen LogP) is 2.09. The van der Waals surface area contributed by atoms with E-state index in [1.165, 1.54) is 11.9 Å². The third-order valence-electron chi connectivity index (χ3n) is 2.53. The first-order chi connectivity index (χ1) is 8.99. The van der Waals surface area contributed by atoms with E-state index in [4.69, 9.17) is 5.11 Å². The average Bonchev–Trinajstić information content (AvgIpc) is 2.36. The number of nitrogens with zero attached hydrogens (tertiary/aromatic N) is 3. The maximum atomic E-state index is 12.7. The Hall–Kier alpha value is -2.31. The van der Waals surface area contributed by atoms with Crippen LogP contribution < -0.4 is 4.90 Å². The Morgan fingerprint density at radius 3 is 2.68 bits per heavy atom. The van der Waals surface area contributed by atoms with Crippen LogP contribution in [0.5, 0.6) is 0 Å². The molecule has 0 amide bonds. The second-order valence-corrected chi connectivity index (χ2v) is 3.97. The summed E-state index contributed by atoms with van der Waals surface area (Å²) < 4.78 is 25.5. The van der Waals surface area contributed by atoms with Gasteiger partial charge in [0.05, 0.1) is 5.52 Å². The van der Waals surface area contributed by atoms with E-state index in [0.717, 1.165) is 0 Å². The summed E-state index contributed by atoms with van der Waals surface area (Å²) in [5.74, 6) is -1.49. The molecule has 1 heterocycles. The van der Waals surface area contributed by atoms with E-state index in [-0.39, 0.29) is 12.4 Å². The van der Waals surface area contributed by atoms with Gasteiger partial charge in [0.2, 0.25) is 0 Å². The molecular weight excluding hydrogens is 256 g/mol. The van der Waals surface area contributed by atoms with E-state index < -0.39 is 18.2 Å². The van der Waals surface area contributed by atoms with Crippen LogP contribution >= 0.6 is 0 Å². The Kier molecular flexibility index (Phi) is 3.55.